The summed E-state index contributed by atoms with van der Waals surface area (Å²) >= 11 is 21.2. The highest BCUT2D eigenvalue weighted by molar-refractivity contribution is 9.10. The molecule has 1 aromatic carbocycles. The lowest BCUT2D eigenvalue weighted by Crippen LogP contribution is -2.53. The Morgan fingerprint density at radius 2 is 1.91 bits per heavy atom. The molecule has 1 aromatic heterocycles. The summed E-state index contributed by atoms with van der Waals surface area (Å²) in [6.07, 6.45) is 2.51. The van der Waals surface area contributed by atoms with Crippen LogP contribution in [0.5, 0.6) is 0 Å². The smallest absolute Gasteiger partial charge is 0.252 e. The van der Waals surface area contributed by atoms with Crippen LogP contribution in [-0.2, 0) is 6.54 Å². The van der Waals surface area contributed by atoms with Gasteiger partial charge >= 0.3 is 0 Å². The molecule has 0 aliphatic rings. The third-order valence-electron chi connectivity index (χ3n) is 2.94. The average molecular weight is 438 g/mol. The van der Waals surface area contributed by atoms with Gasteiger partial charge in [0.1, 0.15) is 6.17 Å². The molecule has 0 saturated carbocycles. The summed E-state index contributed by atoms with van der Waals surface area (Å²) < 4.78 is -0.825. The molecular formula is C15H13BrCl3N3O. The van der Waals surface area contributed by atoms with Gasteiger partial charge in [0.25, 0.3) is 5.91 Å². The van der Waals surface area contributed by atoms with Crippen LogP contribution >= 0.6 is 50.7 Å². The number of aromatic nitrogens is 1. The lowest BCUT2D eigenvalue weighted by Gasteiger charge is -2.26. The van der Waals surface area contributed by atoms with Crippen LogP contribution in [0.25, 0.3) is 0 Å². The maximum atomic E-state index is 12.3. The van der Waals surface area contributed by atoms with Gasteiger partial charge in [-0.05, 0) is 35.9 Å². The summed E-state index contributed by atoms with van der Waals surface area (Å²) in [5.74, 6) is -0.340. The summed E-state index contributed by atoms with van der Waals surface area (Å²) in [5, 5.41) is 5.69. The average Bonchev–Trinajstić information content (AvgIpc) is 2.51. The first-order valence-corrected chi connectivity index (χ1v) is 8.54. The standard InChI is InChI=1S/C15H13BrCl3N3O/c16-12-5-3-11(4-6-12)13(23)22-14(15(17,18)19)21-9-10-2-1-7-20-8-10/h1-8,14,21H,9H2,(H,22,23)/t14-/m0/s1. The largest absolute Gasteiger partial charge is 0.333 e. The predicted molar refractivity (Wildman–Crippen MR) is 96.8 cm³/mol. The van der Waals surface area contributed by atoms with E-state index in [-0.39, 0.29) is 5.91 Å². The van der Waals surface area contributed by atoms with Crippen LogP contribution in [0, 0.1) is 0 Å². The van der Waals surface area contributed by atoms with Crippen LogP contribution in [0.2, 0.25) is 0 Å². The Hall–Kier alpha value is -0.850. The SMILES string of the molecule is O=C(N[C@H](NCc1cccnc1)C(Cl)(Cl)Cl)c1ccc(Br)cc1. The van der Waals surface area contributed by atoms with Gasteiger partial charge in [-0.3, -0.25) is 15.1 Å². The second kappa shape index (κ2) is 8.31. The first kappa shape index (κ1) is 18.5. The topological polar surface area (TPSA) is 54.0 Å². The highest BCUT2D eigenvalue weighted by Gasteiger charge is 2.33. The molecule has 0 bridgehead atoms. The van der Waals surface area contributed by atoms with E-state index in [2.05, 4.69) is 31.5 Å². The third-order valence-corrected chi connectivity index (χ3v) is 4.13. The van der Waals surface area contributed by atoms with Gasteiger partial charge < -0.3 is 5.32 Å². The van der Waals surface area contributed by atoms with E-state index in [1.54, 1.807) is 36.7 Å². The minimum Gasteiger partial charge on any atom is -0.333 e. The third kappa shape index (κ3) is 5.94. The Balaban J connectivity index is 2.04. The predicted octanol–water partition coefficient (Wildman–Crippen LogP) is 4.06. The Morgan fingerprint density at radius 1 is 1.22 bits per heavy atom. The van der Waals surface area contributed by atoms with Crippen molar-refractivity contribution in [3.63, 3.8) is 0 Å². The van der Waals surface area contributed by atoms with Gasteiger partial charge in [-0.2, -0.15) is 0 Å². The van der Waals surface area contributed by atoms with Gasteiger partial charge in [-0.15, -0.1) is 0 Å². The lowest BCUT2D eigenvalue weighted by molar-refractivity contribution is 0.0929. The summed E-state index contributed by atoms with van der Waals surface area (Å²) in [4.78, 5) is 16.3. The summed E-state index contributed by atoms with van der Waals surface area (Å²) in [7, 11) is 0. The number of benzene rings is 1. The molecule has 0 unspecified atom stereocenters. The number of amides is 1. The number of hydrogen-bond donors (Lipinski definition) is 2. The van der Waals surface area contributed by atoms with Crippen molar-refractivity contribution in [2.45, 2.75) is 16.5 Å². The minimum atomic E-state index is -1.70. The number of carbonyl (C=O) groups excluding carboxylic acids is 1. The van der Waals surface area contributed by atoms with Crippen molar-refractivity contribution in [2.75, 3.05) is 0 Å². The van der Waals surface area contributed by atoms with Crippen LogP contribution in [0.1, 0.15) is 15.9 Å². The molecule has 23 heavy (non-hydrogen) atoms. The Labute approximate surface area is 157 Å². The molecule has 122 valence electrons. The maximum absolute atomic E-state index is 12.3. The molecule has 0 spiro atoms. The highest BCUT2D eigenvalue weighted by Crippen LogP contribution is 2.29. The fourth-order valence-corrected chi connectivity index (χ4v) is 2.45. The van der Waals surface area contributed by atoms with Crippen LogP contribution in [0.3, 0.4) is 0 Å². The van der Waals surface area contributed by atoms with Crippen molar-refractivity contribution < 1.29 is 4.79 Å². The Bertz CT molecular complexity index is 647. The van der Waals surface area contributed by atoms with Crippen LogP contribution in [-0.4, -0.2) is 20.8 Å². The molecule has 0 radical (unpaired) electrons. The molecule has 1 heterocycles. The fraction of sp³-hybridized carbons (Fsp3) is 0.200. The molecule has 0 fully saturated rings. The van der Waals surface area contributed by atoms with E-state index in [1.165, 1.54) is 0 Å². The first-order valence-electron chi connectivity index (χ1n) is 6.61. The van der Waals surface area contributed by atoms with Crippen molar-refractivity contribution in [1.29, 1.82) is 0 Å². The number of rotatable bonds is 5. The number of pyridine rings is 1. The number of carbonyl (C=O) groups is 1. The van der Waals surface area contributed by atoms with Crippen LogP contribution < -0.4 is 10.6 Å². The van der Waals surface area contributed by atoms with Crippen molar-refractivity contribution in [3.05, 3.63) is 64.4 Å². The second-order valence-corrected chi connectivity index (χ2v) is 7.98. The maximum Gasteiger partial charge on any atom is 0.252 e. The van der Waals surface area contributed by atoms with Crippen molar-refractivity contribution in [3.8, 4) is 0 Å². The minimum absolute atomic E-state index is 0.340. The molecule has 1 atom stereocenters. The van der Waals surface area contributed by atoms with Crippen molar-refractivity contribution >= 4 is 56.6 Å². The quantitative estimate of drug-likeness (QED) is 0.548. The van der Waals surface area contributed by atoms with Gasteiger partial charge in [0.2, 0.25) is 3.79 Å². The first-order chi connectivity index (χ1) is 10.9. The number of nitrogens with one attached hydrogen (secondary N) is 2. The fourth-order valence-electron chi connectivity index (χ4n) is 1.79. The normalized spacial score (nSPS) is 12.7. The van der Waals surface area contributed by atoms with E-state index in [0.717, 1.165) is 10.0 Å². The monoisotopic (exact) mass is 435 g/mol. The molecule has 2 rings (SSSR count). The second-order valence-electron chi connectivity index (χ2n) is 4.70. The number of nitrogens with zero attached hydrogens (tertiary/aromatic N) is 1. The van der Waals surface area contributed by atoms with Gasteiger partial charge in [0, 0.05) is 29.0 Å². The van der Waals surface area contributed by atoms with E-state index < -0.39 is 9.96 Å². The molecule has 0 aliphatic carbocycles. The number of hydrogen-bond acceptors (Lipinski definition) is 3. The van der Waals surface area contributed by atoms with Gasteiger partial charge in [0.15, 0.2) is 0 Å². The van der Waals surface area contributed by atoms with Gasteiger partial charge in [0.05, 0.1) is 0 Å². The van der Waals surface area contributed by atoms with E-state index in [0.29, 0.717) is 12.1 Å². The Kier molecular flexibility index (Phi) is 6.68. The zero-order valence-electron chi connectivity index (χ0n) is 11.8. The van der Waals surface area contributed by atoms with Gasteiger partial charge in [-0.25, -0.2) is 0 Å². The van der Waals surface area contributed by atoms with Crippen molar-refractivity contribution in [2.24, 2.45) is 0 Å². The van der Waals surface area contributed by atoms with E-state index in [1.807, 2.05) is 12.1 Å². The van der Waals surface area contributed by atoms with E-state index in [4.69, 9.17) is 34.8 Å². The zero-order chi connectivity index (χ0) is 16.9. The lowest BCUT2D eigenvalue weighted by atomic mass is 10.2. The molecular weight excluding hydrogens is 424 g/mol. The van der Waals surface area contributed by atoms with E-state index >= 15 is 0 Å². The molecule has 0 saturated heterocycles. The van der Waals surface area contributed by atoms with E-state index in [9.17, 15) is 4.79 Å². The summed E-state index contributed by atoms with van der Waals surface area (Å²) in [6.45, 7) is 0.396. The molecule has 8 heteroatoms. The van der Waals surface area contributed by atoms with Gasteiger partial charge in [-0.1, -0.05) is 56.8 Å². The van der Waals surface area contributed by atoms with Crippen LogP contribution in [0.15, 0.2) is 53.3 Å². The molecule has 0 aliphatic heterocycles. The zero-order valence-corrected chi connectivity index (χ0v) is 15.6. The summed E-state index contributed by atoms with van der Waals surface area (Å²) in [6, 6.07) is 10.6. The molecule has 1 amide bonds. The Morgan fingerprint density at radius 3 is 2.48 bits per heavy atom. The number of alkyl halides is 3. The molecule has 4 nitrogen and oxygen atoms in total. The molecule has 2 aromatic rings. The van der Waals surface area contributed by atoms with Crippen LogP contribution in [0.4, 0.5) is 0 Å². The van der Waals surface area contributed by atoms with Crippen molar-refractivity contribution in [1.82, 2.24) is 15.6 Å². The number of halogens is 4. The summed E-state index contributed by atoms with van der Waals surface area (Å²) in [5.41, 5.74) is 1.38. The highest BCUT2D eigenvalue weighted by atomic mass is 79.9. The molecule has 2 N–H and O–H groups in total.